The van der Waals surface area contributed by atoms with Crippen molar-refractivity contribution >= 4 is 0 Å². The molecule has 25 heavy (non-hydrogen) atoms. The molecule has 0 saturated carbocycles. The number of hydrogen-bond donors (Lipinski definition) is 1. The maximum atomic E-state index is 10.5. The van der Waals surface area contributed by atoms with Gasteiger partial charge in [0.1, 0.15) is 11.9 Å². The van der Waals surface area contributed by atoms with Gasteiger partial charge in [0.05, 0.1) is 12.0 Å². The second-order valence-electron chi connectivity index (χ2n) is 6.46. The highest BCUT2D eigenvalue weighted by atomic mass is 16.4. The van der Waals surface area contributed by atoms with Gasteiger partial charge in [0, 0.05) is 37.9 Å². The highest BCUT2D eigenvalue weighted by Crippen LogP contribution is 2.21. The highest BCUT2D eigenvalue weighted by Gasteiger charge is 2.19. The Kier molecular flexibility index (Phi) is 5.36. The summed E-state index contributed by atoms with van der Waals surface area (Å²) in [5.41, 5.74) is 4.62. The van der Waals surface area contributed by atoms with Gasteiger partial charge in [0.25, 0.3) is 0 Å². The summed E-state index contributed by atoms with van der Waals surface area (Å²) in [5, 5.41) is 15.0. The van der Waals surface area contributed by atoms with Crippen LogP contribution in [0.1, 0.15) is 34.4 Å². The summed E-state index contributed by atoms with van der Waals surface area (Å²) >= 11 is 0. The molecule has 0 amide bonds. The number of aromatic nitrogens is 2. The Morgan fingerprint density at radius 1 is 1.12 bits per heavy atom. The normalized spacial score (nSPS) is 12.7. The zero-order chi connectivity index (χ0) is 17.8. The first-order valence-corrected chi connectivity index (χ1v) is 8.51. The van der Waals surface area contributed by atoms with Gasteiger partial charge in [-0.05, 0) is 31.5 Å². The molecule has 132 valence electrons. The first kappa shape index (κ1) is 17.5. The van der Waals surface area contributed by atoms with Crippen molar-refractivity contribution in [1.82, 2.24) is 14.7 Å². The average Bonchev–Trinajstić information content (AvgIpc) is 3.21. The van der Waals surface area contributed by atoms with Crippen LogP contribution in [0.4, 0.5) is 0 Å². The summed E-state index contributed by atoms with van der Waals surface area (Å²) in [7, 11) is 1.96. The molecule has 5 nitrogen and oxygen atoms in total. The molecule has 0 bridgehead atoms. The largest absolute Gasteiger partial charge is 0.467 e. The fraction of sp³-hybridized carbons (Fsp3) is 0.350. The van der Waals surface area contributed by atoms with Crippen molar-refractivity contribution in [3.63, 3.8) is 0 Å². The summed E-state index contributed by atoms with van der Waals surface area (Å²) < 4.78 is 7.27. The van der Waals surface area contributed by atoms with E-state index in [1.54, 1.807) is 12.3 Å². The molecule has 1 N–H and O–H groups in total. The second kappa shape index (κ2) is 7.68. The van der Waals surface area contributed by atoms with Gasteiger partial charge in [0.15, 0.2) is 0 Å². The Labute approximate surface area is 148 Å². The number of nitrogens with zero attached hydrogens (tertiary/aromatic N) is 3. The summed E-state index contributed by atoms with van der Waals surface area (Å²) in [6.45, 7) is 6.10. The Morgan fingerprint density at radius 3 is 2.48 bits per heavy atom. The first-order valence-electron chi connectivity index (χ1n) is 8.51. The molecule has 0 radical (unpaired) electrons. The molecular formula is C20H25N3O2. The predicted molar refractivity (Wildman–Crippen MR) is 96.9 cm³/mol. The smallest absolute Gasteiger partial charge is 0.133 e. The van der Waals surface area contributed by atoms with Crippen molar-refractivity contribution < 1.29 is 9.52 Å². The van der Waals surface area contributed by atoms with Gasteiger partial charge in [-0.3, -0.25) is 9.58 Å². The molecule has 1 atom stereocenters. The highest BCUT2D eigenvalue weighted by molar-refractivity contribution is 5.24. The molecule has 3 rings (SSSR count). The van der Waals surface area contributed by atoms with Crippen LogP contribution < -0.4 is 0 Å². The van der Waals surface area contributed by atoms with Crippen LogP contribution in [0, 0.1) is 13.8 Å². The maximum absolute atomic E-state index is 10.5. The third-order valence-corrected chi connectivity index (χ3v) is 4.59. The third-order valence-electron chi connectivity index (χ3n) is 4.59. The molecule has 2 heterocycles. The summed E-state index contributed by atoms with van der Waals surface area (Å²) in [4.78, 5) is 2.24. The predicted octanol–water partition coefficient (Wildman–Crippen LogP) is 3.37. The monoisotopic (exact) mass is 339 g/mol. The van der Waals surface area contributed by atoms with Crippen LogP contribution in [-0.2, 0) is 20.1 Å². The Balaban J connectivity index is 1.80. The Bertz CT molecular complexity index is 794. The quantitative estimate of drug-likeness (QED) is 0.717. The molecule has 2 aromatic heterocycles. The van der Waals surface area contributed by atoms with Gasteiger partial charge in [-0.1, -0.05) is 30.3 Å². The lowest BCUT2D eigenvalue weighted by atomic mass is 10.1. The summed E-state index contributed by atoms with van der Waals surface area (Å²) in [5.74, 6) is 0.595. The number of aliphatic hydroxyl groups is 1. The van der Waals surface area contributed by atoms with Crippen molar-refractivity contribution in [1.29, 1.82) is 0 Å². The van der Waals surface area contributed by atoms with Gasteiger partial charge in [0.2, 0.25) is 0 Å². The van der Waals surface area contributed by atoms with E-state index < -0.39 is 6.10 Å². The van der Waals surface area contributed by atoms with Gasteiger partial charge in [-0.25, -0.2) is 0 Å². The van der Waals surface area contributed by atoms with Crippen LogP contribution in [0.2, 0.25) is 0 Å². The molecule has 0 aliphatic heterocycles. The van der Waals surface area contributed by atoms with Crippen LogP contribution in [0.25, 0.3) is 0 Å². The van der Waals surface area contributed by atoms with Crippen molar-refractivity contribution in [2.24, 2.45) is 7.05 Å². The maximum Gasteiger partial charge on any atom is 0.133 e. The lowest BCUT2D eigenvalue weighted by Crippen LogP contribution is -2.28. The van der Waals surface area contributed by atoms with Gasteiger partial charge < -0.3 is 9.52 Å². The van der Waals surface area contributed by atoms with E-state index in [4.69, 9.17) is 4.42 Å². The topological polar surface area (TPSA) is 54.4 Å². The molecule has 0 aliphatic rings. The first-order chi connectivity index (χ1) is 12.0. The molecule has 0 spiro atoms. The Hall–Kier alpha value is -2.37. The number of aliphatic hydroxyl groups excluding tert-OH is 1. The summed E-state index contributed by atoms with van der Waals surface area (Å²) in [6, 6.07) is 13.9. The fourth-order valence-electron chi connectivity index (χ4n) is 3.11. The van der Waals surface area contributed by atoms with E-state index in [9.17, 15) is 5.11 Å². The number of furan rings is 1. The summed E-state index contributed by atoms with van der Waals surface area (Å²) in [6.07, 6.45) is 0.936. The lowest BCUT2D eigenvalue weighted by molar-refractivity contribution is 0.0871. The molecule has 0 saturated heterocycles. The van der Waals surface area contributed by atoms with Crippen molar-refractivity contribution in [3.05, 3.63) is 77.0 Å². The van der Waals surface area contributed by atoms with E-state index >= 15 is 0 Å². The van der Waals surface area contributed by atoms with E-state index in [1.165, 1.54) is 11.1 Å². The standard InChI is InChI=1S/C20H25N3O2/c1-15-18(16(2)22(3)21-15)13-23(12-17-8-5-4-6-9-17)14-19(24)20-10-7-11-25-20/h4-11,19,24H,12-14H2,1-3H3. The number of rotatable bonds is 7. The molecular weight excluding hydrogens is 314 g/mol. The lowest BCUT2D eigenvalue weighted by Gasteiger charge is -2.25. The van der Waals surface area contributed by atoms with Crippen LogP contribution in [-0.4, -0.2) is 26.3 Å². The van der Waals surface area contributed by atoms with Crippen LogP contribution in [0.5, 0.6) is 0 Å². The van der Waals surface area contributed by atoms with E-state index in [0.29, 0.717) is 12.3 Å². The zero-order valence-electron chi connectivity index (χ0n) is 15.0. The molecule has 5 heteroatoms. The molecule has 0 aliphatic carbocycles. The molecule has 3 aromatic rings. The minimum Gasteiger partial charge on any atom is -0.467 e. The van der Waals surface area contributed by atoms with Crippen molar-refractivity contribution in [2.45, 2.75) is 33.0 Å². The van der Waals surface area contributed by atoms with E-state index in [0.717, 1.165) is 24.5 Å². The molecule has 1 unspecified atom stereocenters. The van der Waals surface area contributed by atoms with Gasteiger partial charge in [-0.2, -0.15) is 5.10 Å². The van der Waals surface area contributed by atoms with Crippen molar-refractivity contribution in [2.75, 3.05) is 6.54 Å². The van der Waals surface area contributed by atoms with Gasteiger partial charge in [-0.15, -0.1) is 0 Å². The minimum absolute atomic E-state index is 0.496. The van der Waals surface area contributed by atoms with Crippen LogP contribution in [0.15, 0.2) is 53.1 Å². The number of benzene rings is 1. The zero-order valence-corrected chi connectivity index (χ0v) is 15.0. The van der Waals surface area contributed by atoms with Crippen LogP contribution in [0.3, 0.4) is 0 Å². The number of aryl methyl sites for hydroxylation is 2. The number of hydrogen-bond acceptors (Lipinski definition) is 4. The molecule has 1 aromatic carbocycles. The fourth-order valence-corrected chi connectivity index (χ4v) is 3.11. The van der Waals surface area contributed by atoms with Crippen LogP contribution >= 0.6 is 0 Å². The van der Waals surface area contributed by atoms with Crippen molar-refractivity contribution in [3.8, 4) is 0 Å². The van der Waals surface area contributed by atoms with E-state index in [1.807, 2.05) is 42.9 Å². The average molecular weight is 339 g/mol. The van der Waals surface area contributed by atoms with E-state index in [-0.39, 0.29) is 0 Å². The minimum atomic E-state index is -0.656. The molecule has 0 fully saturated rings. The second-order valence-corrected chi connectivity index (χ2v) is 6.46. The van der Waals surface area contributed by atoms with Gasteiger partial charge >= 0.3 is 0 Å². The SMILES string of the molecule is Cc1nn(C)c(C)c1CN(Cc1ccccc1)CC(O)c1ccco1. The van der Waals surface area contributed by atoms with E-state index in [2.05, 4.69) is 29.1 Å². The Morgan fingerprint density at radius 2 is 1.88 bits per heavy atom. The third kappa shape index (κ3) is 4.18.